The first-order valence-electron chi connectivity index (χ1n) is 11.5. The van der Waals surface area contributed by atoms with Crippen molar-refractivity contribution >= 4 is 23.5 Å². The lowest BCUT2D eigenvalue weighted by Gasteiger charge is -2.34. The number of aliphatic hydroxyl groups excluding tert-OH is 1. The molecule has 0 saturated carbocycles. The number of anilines is 1. The third kappa shape index (κ3) is 7.57. The highest BCUT2D eigenvalue weighted by Gasteiger charge is 2.33. The maximum absolute atomic E-state index is 13.0. The second-order valence-electron chi connectivity index (χ2n) is 9.14. The number of carbonyl (C=O) groups is 3. The summed E-state index contributed by atoms with van der Waals surface area (Å²) in [5.41, 5.74) is 0.621. The fourth-order valence-electron chi connectivity index (χ4n) is 3.97. The number of phenols is 1. The van der Waals surface area contributed by atoms with Crippen molar-refractivity contribution in [2.75, 3.05) is 39.5 Å². The molecular formula is C23H38N6O5. The molecule has 1 aromatic carbocycles. The summed E-state index contributed by atoms with van der Waals surface area (Å²) >= 11 is 0. The largest absolute Gasteiger partial charge is 0.508 e. The second kappa shape index (κ2) is 12.5. The fourth-order valence-corrected chi connectivity index (χ4v) is 3.97. The summed E-state index contributed by atoms with van der Waals surface area (Å²) in [4.78, 5) is 40.7. The number of nitrogens with one attached hydrogen (secondary N) is 4. The third-order valence-electron chi connectivity index (χ3n) is 5.68. The van der Waals surface area contributed by atoms with E-state index >= 15 is 0 Å². The molecule has 34 heavy (non-hydrogen) atoms. The van der Waals surface area contributed by atoms with Crippen LogP contribution in [0.2, 0.25) is 0 Å². The van der Waals surface area contributed by atoms with E-state index in [0.717, 1.165) is 12.8 Å². The van der Waals surface area contributed by atoms with E-state index in [1.807, 2.05) is 37.7 Å². The quantitative estimate of drug-likeness (QED) is 0.272. The van der Waals surface area contributed by atoms with E-state index in [0.29, 0.717) is 12.2 Å². The van der Waals surface area contributed by atoms with Crippen LogP contribution >= 0.6 is 0 Å². The van der Waals surface area contributed by atoms with Crippen LogP contribution in [0.3, 0.4) is 0 Å². The van der Waals surface area contributed by atoms with Crippen LogP contribution in [0, 0.1) is 5.92 Å². The van der Waals surface area contributed by atoms with E-state index in [4.69, 9.17) is 0 Å². The molecule has 190 valence electrons. The van der Waals surface area contributed by atoms with Crippen LogP contribution in [0.4, 0.5) is 10.5 Å². The fraction of sp³-hybridized carbons (Fsp3) is 0.609. The van der Waals surface area contributed by atoms with Crippen LogP contribution in [0.5, 0.6) is 5.75 Å². The summed E-state index contributed by atoms with van der Waals surface area (Å²) in [6, 6.07) is 2.94. The van der Waals surface area contributed by atoms with Crippen molar-refractivity contribution in [2.45, 2.75) is 51.5 Å². The summed E-state index contributed by atoms with van der Waals surface area (Å²) in [5, 5.41) is 31.7. The summed E-state index contributed by atoms with van der Waals surface area (Å²) < 4.78 is 0. The molecule has 11 nitrogen and oxygen atoms in total. The van der Waals surface area contributed by atoms with Crippen LogP contribution in [-0.4, -0.2) is 84.3 Å². The van der Waals surface area contributed by atoms with Crippen LogP contribution in [0.15, 0.2) is 18.2 Å². The number of rotatable bonds is 10. The van der Waals surface area contributed by atoms with Crippen molar-refractivity contribution < 1.29 is 24.6 Å². The van der Waals surface area contributed by atoms with Gasteiger partial charge >= 0.3 is 6.03 Å². The Labute approximate surface area is 200 Å². The number of hydrogen-bond donors (Lipinski definition) is 6. The number of nitrogens with zero attached hydrogens (tertiary/aromatic N) is 2. The normalized spacial score (nSPS) is 17.9. The number of aliphatic hydroxyl groups is 1. The molecule has 0 aliphatic carbocycles. The Hall–Kier alpha value is -2.89. The lowest BCUT2D eigenvalue weighted by Crippen LogP contribution is -2.51. The average Bonchev–Trinajstić information content (AvgIpc) is 3.27. The number of phenolic OH excluding ortho intramolecular Hbond substituents is 1. The standard InChI is InChI=1S/C23H38N6O5/c1-14(2)11-19(31)27-17(13-25-23(34)24-3)21(32)26-15-8-9-18(30)16(12-15)22(33)29-10-6-7-20(29)28(4)5/h8-9,12,14,17,20,22,30,33H,6-7,10-11,13H2,1-5H3,(H,26,32)(H,27,31)(H2,24,25,34)/t17-,20?,22?/m0/s1. The minimum Gasteiger partial charge on any atom is -0.508 e. The van der Waals surface area contributed by atoms with E-state index in [1.165, 1.54) is 25.2 Å². The van der Waals surface area contributed by atoms with E-state index in [2.05, 4.69) is 21.3 Å². The Morgan fingerprint density at radius 1 is 1.24 bits per heavy atom. The van der Waals surface area contributed by atoms with Crippen LogP contribution in [-0.2, 0) is 9.59 Å². The highest BCUT2D eigenvalue weighted by molar-refractivity contribution is 5.97. The summed E-state index contributed by atoms with van der Waals surface area (Å²) in [7, 11) is 5.33. The maximum atomic E-state index is 13.0. The van der Waals surface area contributed by atoms with Gasteiger partial charge in [-0.25, -0.2) is 4.79 Å². The number of aromatic hydroxyl groups is 1. The van der Waals surface area contributed by atoms with Gasteiger partial charge in [0, 0.05) is 37.8 Å². The molecule has 6 N–H and O–H groups in total. The number of likely N-dealkylation sites (tertiary alicyclic amines) is 1. The van der Waals surface area contributed by atoms with Crippen LogP contribution in [0.25, 0.3) is 0 Å². The molecule has 2 unspecified atom stereocenters. The lowest BCUT2D eigenvalue weighted by molar-refractivity contribution is -0.126. The zero-order valence-corrected chi connectivity index (χ0v) is 20.6. The summed E-state index contributed by atoms with van der Waals surface area (Å²) in [6.45, 7) is 4.35. The lowest BCUT2D eigenvalue weighted by atomic mass is 10.1. The maximum Gasteiger partial charge on any atom is 0.314 e. The van der Waals surface area contributed by atoms with Gasteiger partial charge < -0.3 is 31.5 Å². The Kier molecular flexibility index (Phi) is 10.1. The summed E-state index contributed by atoms with van der Waals surface area (Å²) in [5.74, 6) is -0.822. The highest BCUT2D eigenvalue weighted by Crippen LogP contribution is 2.34. The molecule has 0 spiro atoms. The number of benzene rings is 1. The average molecular weight is 479 g/mol. The van der Waals surface area contributed by atoms with Gasteiger partial charge in [0.25, 0.3) is 0 Å². The van der Waals surface area contributed by atoms with Gasteiger partial charge in [-0.3, -0.25) is 19.4 Å². The van der Waals surface area contributed by atoms with E-state index in [1.54, 1.807) is 0 Å². The SMILES string of the molecule is CNC(=O)NC[C@H](NC(=O)CC(C)C)C(=O)Nc1ccc(O)c(C(O)N2CCCC2N(C)C)c1. The molecule has 11 heteroatoms. The van der Waals surface area contributed by atoms with Gasteiger partial charge in [-0.1, -0.05) is 13.8 Å². The molecule has 1 aliphatic rings. The smallest absolute Gasteiger partial charge is 0.314 e. The molecule has 0 radical (unpaired) electrons. The minimum absolute atomic E-state index is 0.0315. The Balaban J connectivity index is 2.17. The van der Waals surface area contributed by atoms with Crippen molar-refractivity contribution in [1.29, 1.82) is 0 Å². The molecule has 2 rings (SSSR count). The number of amides is 4. The van der Waals surface area contributed by atoms with Gasteiger partial charge in [0.2, 0.25) is 11.8 Å². The van der Waals surface area contributed by atoms with Crippen LogP contribution < -0.4 is 21.3 Å². The molecule has 1 saturated heterocycles. The molecule has 0 bridgehead atoms. The predicted molar refractivity (Wildman–Crippen MR) is 129 cm³/mol. The molecule has 1 fully saturated rings. The number of urea groups is 1. The number of hydrogen-bond acceptors (Lipinski definition) is 7. The predicted octanol–water partition coefficient (Wildman–Crippen LogP) is 0.765. The van der Waals surface area contributed by atoms with Gasteiger partial charge in [0.05, 0.1) is 6.17 Å². The van der Waals surface area contributed by atoms with Gasteiger partial charge in [-0.15, -0.1) is 0 Å². The first-order chi connectivity index (χ1) is 16.0. The first kappa shape index (κ1) is 27.4. The van der Waals surface area contributed by atoms with E-state index in [9.17, 15) is 24.6 Å². The molecule has 1 aliphatic heterocycles. The van der Waals surface area contributed by atoms with Crippen LogP contribution in [0.1, 0.15) is 44.9 Å². The zero-order chi connectivity index (χ0) is 25.4. The van der Waals surface area contributed by atoms with Crippen molar-refractivity contribution in [3.63, 3.8) is 0 Å². The molecular weight excluding hydrogens is 440 g/mol. The Morgan fingerprint density at radius 2 is 1.94 bits per heavy atom. The molecule has 4 amide bonds. The Bertz CT molecular complexity index is 862. The summed E-state index contributed by atoms with van der Waals surface area (Å²) in [6.07, 6.45) is 1.04. The second-order valence-corrected chi connectivity index (χ2v) is 9.14. The number of carbonyl (C=O) groups excluding carboxylic acids is 3. The van der Waals surface area contributed by atoms with Gasteiger partial charge in [-0.05, 0) is 51.1 Å². The molecule has 1 heterocycles. The van der Waals surface area contributed by atoms with Crippen molar-refractivity contribution in [1.82, 2.24) is 25.8 Å². The zero-order valence-electron chi connectivity index (χ0n) is 20.6. The van der Waals surface area contributed by atoms with Crippen molar-refractivity contribution in [3.05, 3.63) is 23.8 Å². The van der Waals surface area contributed by atoms with E-state index < -0.39 is 24.2 Å². The van der Waals surface area contributed by atoms with Gasteiger partial charge in [0.15, 0.2) is 0 Å². The van der Waals surface area contributed by atoms with Crippen molar-refractivity contribution in [3.8, 4) is 5.75 Å². The topological polar surface area (TPSA) is 146 Å². The molecule has 0 aromatic heterocycles. The minimum atomic E-state index is -1.05. The van der Waals surface area contributed by atoms with Gasteiger partial charge in [-0.2, -0.15) is 0 Å². The third-order valence-corrected chi connectivity index (χ3v) is 5.68. The molecule has 1 aromatic rings. The van der Waals surface area contributed by atoms with Gasteiger partial charge in [0.1, 0.15) is 18.0 Å². The Morgan fingerprint density at radius 3 is 2.56 bits per heavy atom. The monoisotopic (exact) mass is 478 g/mol. The van der Waals surface area contributed by atoms with E-state index in [-0.39, 0.29) is 42.3 Å². The first-order valence-corrected chi connectivity index (χ1v) is 11.5. The molecule has 3 atom stereocenters. The highest BCUT2D eigenvalue weighted by atomic mass is 16.3. The van der Waals surface area contributed by atoms with Crippen molar-refractivity contribution in [2.24, 2.45) is 5.92 Å².